The minimum absolute atomic E-state index is 0.142. The van der Waals surface area contributed by atoms with Crippen LogP contribution in [-0.4, -0.2) is 0 Å². The summed E-state index contributed by atoms with van der Waals surface area (Å²) in [6, 6.07) is 58.8. The number of rotatable bonds is 4. The molecule has 0 N–H and O–H groups in total. The van der Waals surface area contributed by atoms with Crippen molar-refractivity contribution in [2.75, 3.05) is 4.90 Å². The van der Waals surface area contributed by atoms with Gasteiger partial charge in [-0.2, -0.15) is 0 Å². The zero-order valence-electron chi connectivity index (χ0n) is 28.9. The molecule has 3 heteroatoms. The van der Waals surface area contributed by atoms with Crippen molar-refractivity contribution >= 4 is 71.7 Å². The van der Waals surface area contributed by atoms with Crippen molar-refractivity contribution in [2.24, 2.45) is 0 Å². The highest BCUT2D eigenvalue weighted by atomic mass is 16.3. The van der Waals surface area contributed by atoms with Gasteiger partial charge in [0.25, 0.3) is 0 Å². The Bertz CT molecular complexity index is 3050. The van der Waals surface area contributed by atoms with E-state index in [-0.39, 0.29) is 5.41 Å². The standard InChI is InChI=1S/C49H33NO2/c1-49(2)43-18-10-8-16-36(43)37-22-20-33(28-44(37)49)50(34-21-23-39-38-17-9-11-19-45(38)51-47(39)29-34)35-26-40(30-12-4-3-5-13-30)48-42(27-35)41-24-31-14-6-7-15-32(31)25-46(41)52-48/h3-29H,1-2H3. The molecule has 246 valence electrons. The Morgan fingerprint density at radius 2 is 1.08 bits per heavy atom. The molecule has 11 rings (SSSR count). The Kier molecular flexibility index (Phi) is 6.01. The van der Waals surface area contributed by atoms with Gasteiger partial charge in [-0.3, -0.25) is 0 Å². The van der Waals surface area contributed by atoms with E-state index in [0.29, 0.717) is 0 Å². The first kappa shape index (κ1) is 29.2. The van der Waals surface area contributed by atoms with Crippen LogP contribution in [0.3, 0.4) is 0 Å². The number of benzene rings is 8. The molecule has 0 radical (unpaired) electrons. The summed E-state index contributed by atoms with van der Waals surface area (Å²) in [5, 5.41) is 6.78. The number of hydrogen-bond donors (Lipinski definition) is 0. The van der Waals surface area contributed by atoms with Crippen LogP contribution in [0.15, 0.2) is 173 Å². The molecule has 0 spiro atoms. The fourth-order valence-corrected chi connectivity index (χ4v) is 8.64. The molecule has 0 fully saturated rings. The fraction of sp³-hybridized carbons (Fsp3) is 0.0612. The monoisotopic (exact) mass is 667 g/mol. The average Bonchev–Trinajstić information content (AvgIpc) is 3.81. The minimum Gasteiger partial charge on any atom is -0.456 e. The van der Waals surface area contributed by atoms with E-state index in [2.05, 4.69) is 170 Å². The van der Waals surface area contributed by atoms with E-state index in [1.54, 1.807) is 0 Å². The molecule has 2 aromatic heterocycles. The van der Waals surface area contributed by atoms with Crippen molar-refractivity contribution in [3.05, 3.63) is 175 Å². The van der Waals surface area contributed by atoms with Gasteiger partial charge in [-0.15, -0.1) is 0 Å². The third-order valence-corrected chi connectivity index (χ3v) is 11.2. The van der Waals surface area contributed by atoms with Crippen LogP contribution in [0.5, 0.6) is 0 Å². The summed E-state index contributed by atoms with van der Waals surface area (Å²) >= 11 is 0. The van der Waals surface area contributed by atoms with Gasteiger partial charge in [-0.05, 0) is 93.2 Å². The second-order valence-corrected chi connectivity index (χ2v) is 14.5. The van der Waals surface area contributed by atoms with Crippen LogP contribution >= 0.6 is 0 Å². The van der Waals surface area contributed by atoms with E-state index >= 15 is 0 Å². The Balaban J connectivity index is 1.21. The van der Waals surface area contributed by atoms with Gasteiger partial charge in [0.1, 0.15) is 22.3 Å². The number of fused-ring (bicyclic) bond motifs is 10. The molecule has 0 bridgehead atoms. The van der Waals surface area contributed by atoms with Gasteiger partial charge in [-0.25, -0.2) is 0 Å². The molecule has 3 nitrogen and oxygen atoms in total. The minimum atomic E-state index is -0.142. The molecule has 52 heavy (non-hydrogen) atoms. The average molecular weight is 668 g/mol. The van der Waals surface area contributed by atoms with Gasteiger partial charge in [0, 0.05) is 55.7 Å². The van der Waals surface area contributed by atoms with E-state index in [0.717, 1.165) is 77.5 Å². The lowest BCUT2D eigenvalue weighted by atomic mass is 9.82. The Labute approximate surface area is 301 Å². The normalized spacial score (nSPS) is 13.3. The van der Waals surface area contributed by atoms with Crippen LogP contribution in [0.25, 0.3) is 76.9 Å². The third kappa shape index (κ3) is 4.20. The van der Waals surface area contributed by atoms with Gasteiger partial charge in [0.2, 0.25) is 0 Å². The number of furan rings is 2. The van der Waals surface area contributed by atoms with Crippen molar-refractivity contribution in [1.82, 2.24) is 0 Å². The summed E-state index contributed by atoms with van der Waals surface area (Å²) in [6.45, 7) is 4.68. The number of para-hydroxylation sites is 1. The van der Waals surface area contributed by atoms with Crippen LogP contribution < -0.4 is 4.90 Å². The molecule has 0 unspecified atom stereocenters. The van der Waals surface area contributed by atoms with E-state index in [9.17, 15) is 0 Å². The fourth-order valence-electron chi connectivity index (χ4n) is 8.64. The summed E-state index contributed by atoms with van der Waals surface area (Å²) in [6.07, 6.45) is 0. The maximum Gasteiger partial charge on any atom is 0.143 e. The highest BCUT2D eigenvalue weighted by Crippen LogP contribution is 2.51. The van der Waals surface area contributed by atoms with Crippen LogP contribution in [-0.2, 0) is 5.41 Å². The zero-order valence-corrected chi connectivity index (χ0v) is 28.9. The molecule has 1 aliphatic rings. The second-order valence-electron chi connectivity index (χ2n) is 14.5. The largest absolute Gasteiger partial charge is 0.456 e. The highest BCUT2D eigenvalue weighted by Gasteiger charge is 2.36. The van der Waals surface area contributed by atoms with Crippen molar-refractivity contribution in [3.63, 3.8) is 0 Å². The summed E-state index contributed by atoms with van der Waals surface area (Å²) < 4.78 is 13.2. The Morgan fingerprint density at radius 3 is 1.96 bits per heavy atom. The molecule has 0 saturated heterocycles. The predicted molar refractivity (Wildman–Crippen MR) is 216 cm³/mol. The predicted octanol–water partition coefficient (Wildman–Crippen LogP) is 14.1. The molecule has 1 aliphatic carbocycles. The first-order chi connectivity index (χ1) is 25.5. The SMILES string of the molecule is CC1(C)c2ccccc2-c2ccc(N(c3ccc4c(c3)oc3ccccc34)c3cc(-c4ccccc4)c4oc5cc6ccccc6cc5c4c3)cc21. The quantitative estimate of drug-likeness (QED) is 0.187. The summed E-state index contributed by atoms with van der Waals surface area (Å²) in [5.74, 6) is 0. The van der Waals surface area contributed by atoms with E-state index in [1.165, 1.54) is 27.6 Å². The van der Waals surface area contributed by atoms with Crippen molar-refractivity contribution < 1.29 is 8.83 Å². The van der Waals surface area contributed by atoms with Gasteiger partial charge in [0.15, 0.2) is 0 Å². The van der Waals surface area contributed by atoms with Gasteiger partial charge in [0.05, 0.1) is 0 Å². The van der Waals surface area contributed by atoms with Crippen LogP contribution in [0, 0.1) is 0 Å². The lowest BCUT2D eigenvalue weighted by Crippen LogP contribution is -2.16. The molecule has 8 aromatic carbocycles. The number of hydrogen-bond acceptors (Lipinski definition) is 3. The second kappa shape index (κ2) is 10.7. The Morgan fingerprint density at radius 1 is 0.404 bits per heavy atom. The van der Waals surface area contributed by atoms with Crippen molar-refractivity contribution in [1.29, 1.82) is 0 Å². The van der Waals surface area contributed by atoms with Crippen molar-refractivity contribution in [2.45, 2.75) is 19.3 Å². The van der Waals surface area contributed by atoms with E-state index in [4.69, 9.17) is 8.83 Å². The van der Waals surface area contributed by atoms with Gasteiger partial charge < -0.3 is 13.7 Å². The maximum absolute atomic E-state index is 6.77. The van der Waals surface area contributed by atoms with Crippen LogP contribution in [0.2, 0.25) is 0 Å². The van der Waals surface area contributed by atoms with Crippen molar-refractivity contribution in [3.8, 4) is 22.3 Å². The molecule has 0 amide bonds. The molecule has 0 saturated carbocycles. The highest BCUT2D eigenvalue weighted by molar-refractivity contribution is 6.15. The molecule has 0 atom stereocenters. The summed E-state index contributed by atoms with van der Waals surface area (Å²) in [7, 11) is 0. The van der Waals surface area contributed by atoms with E-state index in [1.807, 2.05) is 12.1 Å². The number of anilines is 3. The third-order valence-electron chi connectivity index (χ3n) is 11.2. The number of nitrogens with zero attached hydrogens (tertiary/aromatic N) is 1. The molecule has 0 aliphatic heterocycles. The summed E-state index contributed by atoms with van der Waals surface area (Å²) in [4.78, 5) is 2.39. The lowest BCUT2D eigenvalue weighted by molar-refractivity contribution is 0.660. The summed E-state index contributed by atoms with van der Waals surface area (Å²) in [5.41, 5.74) is 14.0. The Hall–Kier alpha value is -6.58. The van der Waals surface area contributed by atoms with Crippen LogP contribution in [0.1, 0.15) is 25.0 Å². The van der Waals surface area contributed by atoms with Crippen LogP contribution in [0.4, 0.5) is 17.1 Å². The van der Waals surface area contributed by atoms with Gasteiger partial charge in [-0.1, -0.05) is 117 Å². The first-order valence-corrected chi connectivity index (χ1v) is 17.9. The zero-order chi connectivity index (χ0) is 34.6. The molecule has 10 aromatic rings. The lowest BCUT2D eigenvalue weighted by Gasteiger charge is -2.28. The molecule has 2 heterocycles. The smallest absolute Gasteiger partial charge is 0.143 e. The first-order valence-electron chi connectivity index (χ1n) is 17.9. The van der Waals surface area contributed by atoms with E-state index < -0.39 is 0 Å². The maximum atomic E-state index is 6.77. The topological polar surface area (TPSA) is 29.5 Å². The molecular formula is C49H33NO2. The molecular weight excluding hydrogens is 635 g/mol. The van der Waals surface area contributed by atoms with Gasteiger partial charge >= 0.3 is 0 Å².